The largest absolute Gasteiger partial charge is 0.416 e. The topological polar surface area (TPSA) is 100 Å². The molecule has 4 fully saturated rings. The van der Waals surface area contributed by atoms with Crippen molar-refractivity contribution in [2.45, 2.75) is 57.3 Å². The maximum absolute atomic E-state index is 13.3. The predicted octanol–water partition coefficient (Wildman–Crippen LogP) is 4.73. The number of hydrogen-bond acceptors (Lipinski definition) is 8. The second kappa shape index (κ2) is 10.3. The molecular formula is C27H36F3N7O. The second-order valence-corrected chi connectivity index (χ2v) is 11.3. The van der Waals surface area contributed by atoms with Crippen LogP contribution in [-0.2, 0) is 6.18 Å². The Bertz CT molecular complexity index is 1150. The number of benzene rings is 1. The Morgan fingerprint density at radius 2 is 1.76 bits per heavy atom. The maximum Gasteiger partial charge on any atom is 0.416 e. The predicted molar refractivity (Wildman–Crippen MR) is 142 cm³/mol. The van der Waals surface area contributed by atoms with Crippen LogP contribution in [0.25, 0.3) is 0 Å². The van der Waals surface area contributed by atoms with Crippen molar-refractivity contribution < 1.29 is 18.3 Å². The number of nitrogens with one attached hydrogen (secondary N) is 3. The smallest absolute Gasteiger partial charge is 0.390 e. The van der Waals surface area contributed by atoms with Crippen LogP contribution >= 0.6 is 0 Å². The molecule has 38 heavy (non-hydrogen) atoms. The van der Waals surface area contributed by atoms with Crippen LogP contribution in [0.3, 0.4) is 0 Å². The Labute approximate surface area is 221 Å². The van der Waals surface area contributed by atoms with Crippen molar-refractivity contribution in [3.8, 4) is 0 Å². The molecule has 4 aliphatic heterocycles. The summed E-state index contributed by atoms with van der Waals surface area (Å²) in [6.45, 7) is 8.05. The highest BCUT2D eigenvalue weighted by Crippen LogP contribution is 2.36. The number of alkyl halides is 3. The Kier molecular flexibility index (Phi) is 7.25. The first kappa shape index (κ1) is 26.7. The Morgan fingerprint density at radius 1 is 1.05 bits per heavy atom. The molecular weight excluding hydrogens is 495 g/mol. The van der Waals surface area contributed by atoms with Crippen molar-refractivity contribution in [3.05, 3.63) is 35.4 Å². The molecule has 2 bridgehead atoms. The number of anilines is 4. The molecule has 6 rings (SSSR count). The summed E-state index contributed by atoms with van der Waals surface area (Å²) in [4.78, 5) is 14.0. The van der Waals surface area contributed by atoms with Crippen LogP contribution < -0.4 is 15.5 Å². The zero-order chi connectivity index (χ0) is 27.1. The van der Waals surface area contributed by atoms with E-state index in [9.17, 15) is 18.3 Å². The second-order valence-electron chi connectivity index (χ2n) is 11.3. The van der Waals surface area contributed by atoms with Gasteiger partial charge >= 0.3 is 6.18 Å². The molecule has 0 unspecified atom stereocenters. The highest BCUT2D eigenvalue weighted by Gasteiger charge is 2.36. The van der Waals surface area contributed by atoms with Crippen LogP contribution in [0.2, 0.25) is 0 Å². The Balaban J connectivity index is 1.48. The van der Waals surface area contributed by atoms with Gasteiger partial charge in [0.05, 0.1) is 16.7 Å². The molecule has 8 nitrogen and oxygen atoms in total. The van der Waals surface area contributed by atoms with Gasteiger partial charge in [-0.3, -0.25) is 0 Å². The van der Waals surface area contributed by atoms with E-state index in [0.717, 1.165) is 63.7 Å². The first-order chi connectivity index (χ1) is 18.0. The lowest BCUT2D eigenvalue weighted by Gasteiger charge is -2.45. The van der Waals surface area contributed by atoms with E-state index in [0.29, 0.717) is 36.3 Å². The summed E-state index contributed by atoms with van der Waals surface area (Å²) in [6, 6.07) is 5.18. The van der Waals surface area contributed by atoms with Crippen molar-refractivity contribution in [1.29, 1.82) is 5.41 Å². The lowest BCUT2D eigenvalue weighted by molar-refractivity contribution is -0.137. The third-order valence-corrected chi connectivity index (χ3v) is 8.29. The molecule has 0 aliphatic carbocycles. The van der Waals surface area contributed by atoms with Gasteiger partial charge in [0.2, 0.25) is 5.95 Å². The van der Waals surface area contributed by atoms with Gasteiger partial charge in [0.1, 0.15) is 11.6 Å². The van der Waals surface area contributed by atoms with Gasteiger partial charge in [-0.2, -0.15) is 23.1 Å². The highest BCUT2D eigenvalue weighted by atomic mass is 19.4. The fourth-order valence-corrected chi connectivity index (χ4v) is 5.99. The Morgan fingerprint density at radius 3 is 2.34 bits per heavy atom. The zero-order valence-electron chi connectivity index (χ0n) is 21.9. The van der Waals surface area contributed by atoms with Crippen LogP contribution in [-0.4, -0.2) is 70.6 Å². The molecule has 4 saturated heterocycles. The summed E-state index contributed by atoms with van der Waals surface area (Å²) in [5, 5.41) is 25.2. The normalized spacial score (nSPS) is 24.4. The lowest BCUT2D eigenvalue weighted by Crippen LogP contribution is -2.53. The molecule has 0 saturated carbocycles. The van der Waals surface area contributed by atoms with Crippen molar-refractivity contribution in [2.24, 2.45) is 11.8 Å². The van der Waals surface area contributed by atoms with E-state index in [1.807, 2.05) is 13.8 Å². The fraction of sp³-hybridized carbons (Fsp3) is 0.593. The van der Waals surface area contributed by atoms with E-state index < -0.39 is 17.3 Å². The number of aromatic nitrogens is 2. The Hall–Kier alpha value is -2.92. The molecule has 0 radical (unpaired) electrons. The summed E-state index contributed by atoms with van der Waals surface area (Å²) in [5.74, 6) is 1.94. The van der Waals surface area contributed by atoms with Crippen LogP contribution in [0.4, 0.5) is 36.4 Å². The zero-order valence-corrected chi connectivity index (χ0v) is 21.9. The summed E-state index contributed by atoms with van der Waals surface area (Å²) in [7, 11) is 0. The van der Waals surface area contributed by atoms with E-state index in [1.165, 1.54) is 6.07 Å². The van der Waals surface area contributed by atoms with E-state index in [1.54, 1.807) is 6.07 Å². The van der Waals surface area contributed by atoms with Gasteiger partial charge < -0.3 is 30.9 Å². The summed E-state index contributed by atoms with van der Waals surface area (Å²) in [5.41, 5.74) is -0.876. The maximum atomic E-state index is 13.3. The SMILES string of the molecule is CC(C)(O)C1CCN(c2nc(N[C@H]3CN4CCC3CC4)nc(Nc3cccc(C(F)(F)F)c3)c2C=N)CC1. The van der Waals surface area contributed by atoms with Crippen LogP contribution in [0, 0.1) is 17.2 Å². The molecule has 5 heterocycles. The third-order valence-electron chi connectivity index (χ3n) is 8.29. The minimum atomic E-state index is -4.47. The van der Waals surface area contributed by atoms with Crippen molar-refractivity contribution in [3.63, 3.8) is 0 Å². The first-order valence-electron chi connectivity index (χ1n) is 13.3. The third kappa shape index (κ3) is 5.73. The fourth-order valence-electron chi connectivity index (χ4n) is 5.99. The molecule has 1 aromatic heterocycles. The number of fused-ring (bicyclic) bond motifs is 3. The molecule has 4 N–H and O–H groups in total. The van der Waals surface area contributed by atoms with Crippen molar-refractivity contribution in [2.75, 3.05) is 48.3 Å². The highest BCUT2D eigenvalue weighted by molar-refractivity contribution is 5.92. The van der Waals surface area contributed by atoms with E-state index in [4.69, 9.17) is 10.4 Å². The molecule has 1 atom stereocenters. The molecule has 4 aliphatic rings. The lowest BCUT2D eigenvalue weighted by atomic mass is 9.83. The molecule has 0 amide bonds. The average molecular weight is 532 g/mol. The number of nitrogens with zero attached hydrogens (tertiary/aromatic N) is 4. The van der Waals surface area contributed by atoms with E-state index in [-0.39, 0.29) is 23.5 Å². The number of rotatable bonds is 7. The van der Waals surface area contributed by atoms with E-state index >= 15 is 0 Å². The number of hydrogen-bond donors (Lipinski definition) is 4. The van der Waals surface area contributed by atoms with Gasteiger partial charge in [0, 0.05) is 37.6 Å². The van der Waals surface area contributed by atoms with Gasteiger partial charge in [0.25, 0.3) is 0 Å². The molecule has 206 valence electrons. The monoisotopic (exact) mass is 531 g/mol. The van der Waals surface area contributed by atoms with Crippen LogP contribution in [0.15, 0.2) is 24.3 Å². The minimum Gasteiger partial charge on any atom is -0.390 e. The van der Waals surface area contributed by atoms with Crippen molar-refractivity contribution >= 4 is 29.5 Å². The van der Waals surface area contributed by atoms with Crippen LogP contribution in [0.5, 0.6) is 0 Å². The van der Waals surface area contributed by atoms with Gasteiger partial charge in [-0.1, -0.05) is 6.07 Å². The minimum absolute atomic E-state index is 0.149. The van der Waals surface area contributed by atoms with Gasteiger partial charge in [-0.15, -0.1) is 0 Å². The van der Waals surface area contributed by atoms with Gasteiger partial charge in [-0.25, -0.2) is 0 Å². The van der Waals surface area contributed by atoms with E-state index in [2.05, 4.69) is 25.4 Å². The molecule has 11 heteroatoms. The van der Waals surface area contributed by atoms with Crippen LogP contribution in [0.1, 0.15) is 50.7 Å². The molecule has 1 aromatic carbocycles. The standard InChI is InChI=1S/C27H36F3N7O/c1-26(2,38)18-8-12-37(13-9-18)24-21(15-31)23(32-20-5-3-4-19(14-20)27(28,29)30)34-25(35-24)33-22-16-36-10-6-17(22)7-11-36/h3-5,14-15,17-18,22,31,38H,6-13,16H2,1-2H3,(H2,32,33,34,35)/t22-/m0/s1. The van der Waals surface area contributed by atoms with Gasteiger partial charge in [0.15, 0.2) is 0 Å². The number of aliphatic hydroxyl groups is 1. The molecule has 0 spiro atoms. The number of piperidine rings is 4. The first-order valence-corrected chi connectivity index (χ1v) is 13.3. The summed E-state index contributed by atoms with van der Waals surface area (Å²) >= 11 is 0. The average Bonchev–Trinajstić information content (AvgIpc) is 2.88. The van der Waals surface area contributed by atoms with Crippen molar-refractivity contribution in [1.82, 2.24) is 14.9 Å². The van der Waals surface area contributed by atoms with Gasteiger partial charge in [-0.05, 0) is 82.7 Å². The summed E-state index contributed by atoms with van der Waals surface area (Å²) < 4.78 is 40.0. The quantitative estimate of drug-likeness (QED) is 0.383. The summed E-state index contributed by atoms with van der Waals surface area (Å²) in [6.07, 6.45) is 0.455. The molecule has 2 aromatic rings. The number of halogens is 3.